The third-order valence-electron chi connectivity index (χ3n) is 1.60. The number of rotatable bonds is 0. The Bertz CT molecular complexity index is 254. The SMILES string of the molecule is C1=COc2ccccc2C1.[Cu].[Mg+2].[Mn].[O-2]. The first kappa shape index (κ1) is 20.0. The van der Waals surface area contributed by atoms with Gasteiger partial charge in [0.1, 0.15) is 5.75 Å². The molecule has 1 aromatic rings. The van der Waals surface area contributed by atoms with Crippen LogP contribution in [0, 0.1) is 0 Å². The van der Waals surface area contributed by atoms with Crippen LogP contribution in [0.1, 0.15) is 5.56 Å². The zero-order chi connectivity index (χ0) is 6.81. The number of para-hydroxylation sites is 1. The third kappa shape index (κ3) is 4.85. The van der Waals surface area contributed by atoms with E-state index in [-0.39, 0.29) is 62.7 Å². The molecule has 2 rings (SSSR count). The van der Waals surface area contributed by atoms with Crippen molar-refractivity contribution in [1.29, 1.82) is 0 Å². The number of hydrogen-bond acceptors (Lipinski definition) is 1. The van der Waals surface area contributed by atoms with E-state index < -0.39 is 0 Å². The standard InChI is InChI=1S/C9H8O.Cu.Mg.Mn.O/c1-2-6-9-8(4-1)5-3-7-10-9;;;;/h1-4,6-7H,5H2;;;;/q;;+2;;-2. The van der Waals surface area contributed by atoms with Gasteiger partial charge in [-0.25, -0.2) is 0 Å². The quantitative estimate of drug-likeness (QED) is 0.669. The Hall–Kier alpha value is 0.525. The molecule has 0 aliphatic carbocycles. The molecule has 0 amide bonds. The largest absolute Gasteiger partial charge is 2.00 e. The summed E-state index contributed by atoms with van der Waals surface area (Å²) in [5.74, 6) is 0.991. The smallest absolute Gasteiger partial charge is 2.00 e. The maximum atomic E-state index is 5.24. The van der Waals surface area contributed by atoms with Crippen LogP contribution < -0.4 is 4.74 Å². The summed E-state index contributed by atoms with van der Waals surface area (Å²) in [5.41, 5.74) is 1.27. The Morgan fingerprint density at radius 3 is 2.43 bits per heavy atom. The molecule has 2 radical (unpaired) electrons. The van der Waals surface area contributed by atoms with Crippen LogP contribution in [0.2, 0.25) is 0 Å². The number of allylic oxidation sites excluding steroid dienone is 1. The zero-order valence-electron chi connectivity index (χ0n) is 7.37. The Morgan fingerprint density at radius 1 is 1.14 bits per heavy atom. The molecular formula is C9H8CuMgMnO2. The van der Waals surface area contributed by atoms with Crippen molar-refractivity contribution < 1.29 is 44.4 Å². The molecule has 2 nitrogen and oxygen atoms in total. The number of fused-ring (bicyclic) bond motifs is 1. The minimum Gasteiger partial charge on any atom is -2.00 e. The average Bonchev–Trinajstić information content (AvgIpc) is 2.05. The van der Waals surface area contributed by atoms with Crippen LogP contribution in [0.3, 0.4) is 0 Å². The average molecular weight is 291 g/mol. The molecule has 0 fully saturated rings. The van der Waals surface area contributed by atoms with Crippen molar-refractivity contribution in [1.82, 2.24) is 0 Å². The van der Waals surface area contributed by atoms with Crippen LogP contribution in [0.4, 0.5) is 0 Å². The van der Waals surface area contributed by atoms with E-state index in [1.54, 1.807) is 6.26 Å². The van der Waals surface area contributed by atoms with E-state index in [0.29, 0.717) is 0 Å². The molecule has 0 aromatic heterocycles. The molecule has 1 heterocycles. The third-order valence-corrected chi connectivity index (χ3v) is 1.60. The van der Waals surface area contributed by atoms with Gasteiger partial charge in [0.2, 0.25) is 0 Å². The van der Waals surface area contributed by atoms with E-state index in [2.05, 4.69) is 6.07 Å². The van der Waals surface area contributed by atoms with Gasteiger partial charge in [0, 0.05) is 34.1 Å². The van der Waals surface area contributed by atoms with Crippen molar-refractivity contribution in [3.63, 3.8) is 0 Å². The van der Waals surface area contributed by atoms with Gasteiger partial charge in [0.15, 0.2) is 0 Å². The predicted octanol–water partition coefficient (Wildman–Crippen LogP) is 1.63. The van der Waals surface area contributed by atoms with Crippen LogP contribution >= 0.6 is 0 Å². The molecule has 0 saturated heterocycles. The van der Waals surface area contributed by atoms with E-state index >= 15 is 0 Å². The molecule has 5 heteroatoms. The number of hydrogen-bond donors (Lipinski definition) is 0. The molecular weight excluding hydrogens is 283 g/mol. The van der Waals surface area contributed by atoms with Gasteiger partial charge in [-0.1, -0.05) is 18.2 Å². The van der Waals surface area contributed by atoms with Gasteiger partial charge in [0.25, 0.3) is 0 Å². The van der Waals surface area contributed by atoms with E-state index in [1.807, 2.05) is 24.3 Å². The summed E-state index contributed by atoms with van der Waals surface area (Å²) in [6.45, 7) is 0. The first-order valence-electron chi connectivity index (χ1n) is 3.36. The molecule has 0 saturated carbocycles. The fraction of sp³-hybridized carbons (Fsp3) is 0.111. The fourth-order valence-corrected chi connectivity index (χ4v) is 1.08. The normalized spacial score (nSPS) is 10.0. The molecule has 1 aliphatic rings. The van der Waals surface area contributed by atoms with E-state index in [0.717, 1.165) is 12.2 Å². The maximum absolute atomic E-state index is 5.24. The summed E-state index contributed by atoms with van der Waals surface area (Å²) in [6, 6.07) is 8.08. The minimum absolute atomic E-state index is 0. The molecule has 1 aliphatic heterocycles. The molecule has 0 unspecified atom stereocenters. The predicted molar refractivity (Wildman–Crippen MR) is 46.4 cm³/mol. The van der Waals surface area contributed by atoms with Crippen molar-refractivity contribution in [2.75, 3.05) is 0 Å². The Morgan fingerprint density at radius 2 is 1.79 bits per heavy atom. The monoisotopic (exact) mass is 290 g/mol. The van der Waals surface area contributed by atoms with Crippen molar-refractivity contribution >= 4 is 23.1 Å². The van der Waals surface area contributed by atoms with Gasteiger partial charge in [-0.2, -0.15) is 0 Å². The van der Waals surface area contributed by atoms with E-state index in [4.69, 9.17) is 4.74 Å². The first-order valence-corrected chi connectivity index (χ1v) is 3.36. The van der Waals surface area contributed by atoms with E-state index in [1.165, 1.54) is 5.56 Å². The van der Waals surface area contributed by atoms with E-state index in [9.17, 15) is 0 Å². The summed E-state index contributed by atoms with van der Waals surface area (Å²) in [4.78, 5) is 0. The summed E-state index contributed by atoms with van der Waals surface area (Å²) in [6.07, 6.45) is 4.75. The maximum Gasteiger partial charge on any atom is 2.00 e. The molecule has 0 spiro atoms. The number of ether oxygens (including phenoxy) is 1. The molecule has 76 valence electrons. The Balaban J connectivity index is -0.000000302. The van der Waals surface area contributed by atoms with Crippen LogP contribution in [-0.4, -0.2) is 23.1 Å². The second kappa shape index (κ2) is 10.1. The van der Waals surface area contributed by atoms with Gasteiger partial charge in [-0.3, -0.25) is 0 Å². The zero-order valence-corrected chi connectivity index (χ0v) is 10.9. The summed E-state index contributed by atoms with van der Waals surface area (Å²) < 4.78 is 5.24. The molecule has 1 aromatic carbocycles. The summed E-state index contributed by atoms with van der Waals surface area (Å²) in [7, 11) is 0. The second-order valence-corrected chi connectivity index (χ2v) is 2.30. The minimum atomic E-state index is 0. The second-order valence-electron chi connectivity index (χ2n) is 2.30. The molecule has 0 atom stereocenters. The van der Waals surface area contributed by atoms with Crippen LogP contribution in [0.5, 0.6) is 5.75 Å². The molecule has 0 bridgehead atoms. The summed E-state index contributed by atoms with van der Waals surface area (Å²) in [5, 5.41) is 0. The Labute approximate surface area is 121 Å². The summed E-state index contributed by atoms with van der Waals surface area (Å²) >= 11 is 0. The van der Waals surface area contributed by atoms with Gasteiger partial charge in [-0.05, 0) is 24.1 Å². The van der Waals surface area contributed by atoms with Gasteiger partial charge in [-0.15, -0.1) is 0 Å². The van der Waals surface area contributed by atoms with Crippen LogP contribution in [-0.2, 0) is 46.0 Å². The topological polar surface area (TPSA) is 37.7 Å². The first-order chi connectivity index (χ1) is 4.97. The number of benzene rings is 1. The van der Waals surface area contributed by atoms with Crippen molar-refractivity contribution in [3.8, 4) is 5.75 Å². The van der Waals surface area contributed by atoms with Crippen molar-refractivity contribution in [2.45, 2.75) is 6.42 Å². The van der Waals surface area contributed by atoms with Gasteiger partial charge < -0.3 is 10.2 Å². The fourth-order valence-electron chi connectivity index (χ4n) is 1.08. The Kier molecular flexibility index (Phi) is 14.4. The van der Waals surface area contributed by atoms with Crippen molar-refractivity contribution in [3.05, 3.63) is 42.2 Å². The van der Waals surface area contributed by atoms with Crippen LogP contribution in [0.25, 0.3) is 0 Å². The van der Waals surface area contributed by atoms with Gasteiger partial charge in [0.05, 0.1) is 6.26 Å². The van der Waals surface area contributed by atoms with Gasteiger partial charge >= 0.3 is 23.1 Å². The van der Waals surface area contributed by atoms with Crippen molar-refractivity contribution in [2.24, 2.45) is 0 Å². The molecule has 0 N–H and O–H groups in total. The molecule has 14 heavy (non-hydrogen) atoms. The van der Waals surface area contributed by atoms with Crippen LogP contribution in [0.15, 0.2) is 36.6 Å².